The number of alkyl halides is 1. The molecule has 0 aliphatic carbocycles. The minimum absolute atomic E-state index is 0.179. The maximum Gasteiger partial charge on any atom is 0.170 e. The molecule has 4 heteroatoms. The van der Waals surface area contributed by atoms with Crippen LogP contribution in [0.25, 0.3) is 0 Å². The maximum absolute atomic E-state index is 14.0. The van der Waals surface area contributed by atoms with Gasteiger partial charge in [-0.05, 0) is 18.9 Å². The van der Waals surface area contributed by atoms with Crippen molar-refractivity contribution >= 4 is 17.4 Å². The minimum Gasteiger partial charge on any atom is -0.354 e. The molecule has 1 aromatic rings. The predicted octanol–water partition coefficient (Wildman–Crippen LogP) is 3.58. The molecule has 0 spiro atoms. The lowest BCUT2D eigenvalue weighted by atomic mass is 10.1. The third-order valence-corrected chi connectivity index (χ3v) is 3.21. The molecule has 2 nitrogen and oxygen atoms in total. The van der Waals surface area contributed by atoms with Gasteiger partial charge < -0.3 is 4.90 Å². The molecular weight excluding hydrogens is 227 g/mol. The van der Waals surface area contributed by atoms with E-state index in [0.29, 0.717) is 17.4 Å². The van der Waals surface area contributed by atoms with E-state index in [0.717, 1.165) is 12.8 Å². The van der Waals surface area contributed by atoms with E-state index in [2.05, 4.69) is 18.8 Å². The molecule has 0 amide bonds. The van der Waals surface area contributed by atoms with Gasteiger partial charge in [-0.2, -0.15) is 0 Å². The van der Waals surface area contributed by atoms with Gasteiger partial charge in [0.05, 0.1) is 5.88 Å². The number of hydrogen-bond acceptors (Lipinski definition) is 2. The number of halogens is 2. The van der Waals surface area contributed by atoms with Crippen molar-refractivity contribution < 1.29 is 4.39 Å². The van der Waals surface area contributed by atoms with Crippen molar-refractivity contribution in [2.75, 3.05) is 11.9 Å². The summed E-state index contributed by atoms with van der Waals surface area (Å²) >= 11 is 5.67. The molecule has 0 aliphatic heterocycles. The molecule has 0 atom stereocenters. The molecular formula is C12H18ClFN2. The van der Waals surface area contributed by atoms with Gasteiger partial charge in [0.2, 0.25) is 0 Å². The molecule has 0 aliphatic rings. The monoisotopic (exact) mass is 244 g/mol. The average molecular weight is 245 g/mol. The standard InChI is InChI=1S/C12H18ClFN2/c1-4-10(5-2)16(3)12-11(14)9(8-13)6-7-15-12/h6-7,10H,4-5,8H2,1-3H3. The number of nitrogens with zero attached hydrogens (tertiary/aromatic N) is 2. The average Bonchev–Trinajstić information content (AvgIpc) is 2.30. The number of aromatic nitrogens is 1. The SMILES string of the molecule is CCC(CC)N(C)c1nccc(CCl)c1F. The van der Waals surface area contributed by atoms with Crippen LogP contribution in [0, 0.1) is 5.82 Å². The fourth-order valence-corrected chi connectivity index (χ4v) is 2.04. The van der Waals surface area contributed by atoms with Crippen LogP contribution < -0.4 is 4.90 Å². The molecule has 0 saturated heterocycles. The van der Waals surface area contributed by atoms with Crippen molar-refractivity contribution in [1.82, 2.24) is 4.98 Å². The van der Waals surface area contributed by atoms with Crippen molar-refractivity contribution in [3.63, 3.8) is 0 Å². The summed E-state index contributed by atoms with van der Waals surface area (Å²) in [6.45, 7) is 4.18. The van der Waals surface area contributed by atoms with Crippen LogP contribution in [0.15, 0.2) is 12.3 Å². The van der Waals surface area contributed by atoms with Gasteiger partial charge in [0.25, 0.3) is 0 Å². The number of hydrogen-bond donors (Lipinski definition) is 0. The minimum atomic E-state index is -0.299. The third-order valence-electron chi connectivity index (χ3n) is 2.92. The normalized spacial score (nSPS) is 10.9. The van der Waals surface area contributed by atoms with Crippen molar-refractivity contribution in [3.05, 3.63) is 23.6 Å². The van der Waals surface area contributed by atoms with Gasteiger partial charge >= 0.3 is 0 Å². The molecule has 1 rings (SSSR count). The Morgan fingerprint density at radius 1 is 1.44 bits per heavy atom. The lowest BCUT2D eigenvalue weighted by molar-refractivity contribution is 0.554. The van der Waals surface area contributed by atoms with Gasteiger partial charge in [-0.25, -0.2) is 9.37 Å². The highest BCUT2D eigenvalue weighted by molar-refractivity contribution is 6.17. The van der Waals surface area contributed by atoms with Crippen molar-refractivity contribution in [2.45, 2.75) is 38.6 Å². The quantitative estimate of drug-likeness (QED) is 0.736. The predicted molar refractivity (Wildman–Crippen MR) is 66.5 cm³/mol. The van der Waals surface area contributed by atoms with Crippen LogP contribution in [0.3, 0.4) is 0 Å². The fourth-order valence-electron chi connectivity index (χ4n) is 1.83. The second-order valence-corrected chi connectivity index (χ2v) is 4.09. The molecule has 0 saturated carbocycles. The Labute approximate surface area is 101 Å². The Morgan fingerprint density at radius 2 is 2.06 bits per heavy atom. The Bertz CT molecular complexity index is 340. The second kappa shape index (κ2) is 6.04. The Kier molecular flexibility index (Phi) is 5.00. The van der Waals surface area contributed by atoms with Crippen molar-refractivity contribution in [1.29, 1.82) is 0 Å². The van der Waals surface area contributed by atoms with E-state index in [1.54, 1.807) is 12.3 Å². The van der Waals surface area contributed by atoms with Gasteiger partial charge in [-0.3, -0.25) is 0 Å². The second-order valence-electron chi connectivity index (χ2n) is 3.82. The van der Waals surface area contributed by atoms with Gasteiger partial charge in [-0.15, -0.1) is 11.6 Å². The summed E-state index contributed by atoms with van der Waals surface area (Å²) in [4.78, 5) is 5.99. The van der Waals surface area contributed by atoms with E-state index in [1.165, 1.54) is 0 Å². The summed E-state index contributed by atoms with van der Waals surface area (Å²) in [5.41, 5.74) is 0.504. The van der Waals surface area contributed by atoms with Gasteiger partial charge in [0.15, 0.2) is 11.6 Å². The summed E-state index contributed by atoms with van der Waals surface area (Å²) in [6, 6.07) is 1.93. The molecule has 0 bridgehead atoms. The van der Waals surface area contributed by atoms with Gasteiger partial charge in [-0.1, -0.05) is 13.8 Å². The highest BCUT2D eigenvalue weighted by atomic mass is 35.5. The van der Waals surface area contributed by atoms with Gasteiger partial charge in [0.1, 0.15) is 0 Å². The van der Waals surface area contributed by atoms with E-state index < -0.39 is 0 Å². The summed E-state index contributed by atoms with van der Waals surface area (Å²) < 4.78 is 14.0. The Morgan fingerprint density at radius 3 is 2.56 bits per heavy atom. The zero-order chi connectivity index (χ0) is 12.1. The number of anilines is 1. The summed E-state index contributed by atoms with van der Waals surface area (Å²) in [5.74, 6) is 0.275. The van der Waals surface area contributed by atoms with Crippen LogP contribution in [0.4, 0.5) is 10.2 Å². The summed E-state index contributed by atoms with van der Waals surface area (Å²) in [5, 5.41) is 0. The van der Waals surface area contributed by atoms with Gasteiger partial charge in [0, 0.05) is 24.8 Å². The molecule has 0 unspecified atom stereocenters. The van der Waals surface area contributed by atoms with Crippen LogP contribution in [0.1, 0.15) is 32.3 Å². The molecule has 16 heavy (non-hydrogen) atoms. The van der Waals surface area contributed by atoms with Crippen LogP contribution in [0.5, 0.6) is 0 Å². The zero-order valence-electron chi connectivity index (χ0n) is 10.0. The molecule has 0 N–H and O–H groups in total. The highest BCUT2D eigenvalue weighted by Crippen LogP contribution is 2.22. The maximum atomic E-state index is 14.0. The first kappa shape index (κ1) is 13.2. The number of pyridine rings is 1. The molecule has 1 aromatic heterocycles. The highest BCUT2D eigenvalue weighted by Gasteiger charge is 2.17. The molecule has 90 valence electrons. The van der Waals surface area contributed by atoms with E-state index in [4.69, 9.17) is 11.6 Å². The Balaban J connectivity index is 3.03. The van der Waals surface area contributed by atoms with E-state index >= 15 is 0 Å². The third kappa shape index (κ3) is 2.64. The zero-order valence-corrected chi connectivity index (χ0v) is 10.8. The van der Waals surface area contributed by atoms with E-state index in [1.807, 2.05) is 11.9 Å². The topological polar surface area (TPSA) is 16.1 Å². The van der Waals surface area contributed by atoms with E-state index in [-0.39, 0.29) is 11.7 Å². The Hall–Kier alpha value is -0.830. The molecule has 0 aromatic carbocycles. The van der Waals surface area contributed by atoms with Crippen LogP contribution in [-0.4, -0.2) is 18.1 Å². The first-order valence-electron chi connectivity index (χ1n) is 5.57. The summed E-state index contributed by atoms with van der Waals surface area (Å²) in [7, 11) is 1.88. The smallest absolute Gasteiger partial charge is 0.170 e. The lowest BCUT2D eigenvalue weighted by Gasteiger charge is -2.27. The fraction of sp³-hybridized carbons (Fsp3) is 0.583. The van der Waals surface area contributed by atoms with Crippen LogP contribution in [-0.2, 0) is 5.88 Å². The molecule has 1 heterocycles. The van der Waals surface area contributed by atoms with Crippen LogP contribution >= 0.6 is 11.6 Å². The molecule has 0 radical (unpaired) electrons. The van der Waals surface area contributed by atoms with Crippen molar-refractivity contribution in [2.24, 2.45) is 0 Å². The largest absolute Gasteiger partial charge is 0.354 e. The molecule has 0 fully saturated rings. The summed E-state index contributed by atoms with van der Waals surface area (Å²) in [6.07, 6.45) is 3.55. The number of rotatable bonds is 5. The van der Waals surface area contributed by atoms with Crippen LogP contribution in [0.2, 0.25) is 0 Å². The first-order valence-corrected chi connectivity index (χ1v) is 6.11. The lowest BCUT2D eigenvalue weighted by Crippen LogP contribution is -2.32. The van der Waals surface area contributed by atoms with E-state index in [9.17, 15) is 4.39 Å². The van der Waals surface area contributed by atoms with Crippen molar-refractivity contribution in [3.8, 4) is 0 Å². The first-order chi connectivity index (χ1) is 7.65.